The molecule has 3 aliphatic rings. The van der Waals surface area contributed by atoms with E-state index < -0.39 is 21.7 Å². The van der Waals surface area contributed by atoms with E-state index in [-0.39, 0.29) is 42.4 Å². The van der Waals surface area contributed by atoms with Gasteiger partial charge in [0, 0.05) is 23.4 Å². The van der Waals surface area contributed by atoms with Gasteiger partial charge in [0.1, 0.15) is 0 Å². The van der Waals surface area contributed by atoms with Crippen molar-refractivity contribution in [3.8, 4) is 11.5 Å². The molecule has 144 valence electrons. The van der Waals surface area contributed by atoms with Crippen LogP contribution in [0.3, 0.4) is 0 Å². The van der Waals surface area contributed by atoms with Crippen molar-refractivity contribution in [1.82, 2.24) is 0 Å². The van der Waals surface area contributed by atoms with E-state index in [1.54, 1.807) is 23.1 Å². The molecule has 1 aromatic rings. The lowest BCUT2D eigenvalue weighted by Crippen LogP contribution is -2.37. The number of benzene rings is 1. The van der Waals surface area contributed by atoms with Gasteiger partial charge in [-0.05, 0) is 12.1 Å². The fraction of sp³-hybridized carbons (Fsp3) is 0.438. The molecule has 0 radical (unpaired) electrons. The van der Waals surface area contributed by atoms with Crippen LogP contribution in [0.1, 0.15) is 12.8 Å². The molecular weight excluding hydrogens is 396 g/mol. The molecule has 11 heteroatoms. The Balaban J connectivity index is 1.66. The predicted octanol–water partition coefficient (Wildman–Crippen LogP) is 0.881. The quantitative estimate of drug-likeness (QED) is 0.768. The number of rotatable bonds is 4. The van der Waals surface area contributed by atoms with Gasteiger partial charge in [-0.3, -0.25) is 9.59 Å². The molecule has 9 nitrogen and oxygen atoms in total. The van der Waals surface area contributed by atoms with Crippen LogP contribution >= 0.6 is 11.8 Å². The smallest absolute Gasteiger partial charge is 0.303 e. The minimum Gasteiger partial charge on any atom is -0.481 e. The van der Waals surface area contributed by atoms with Crippen molar-refractivity contribution >= 4 is 44.3 Å². The molecule has 3 heterocycles. The lowest BCUT2D eigenvalue weighted by molar-refractivity contribution is -0.138. The summed E-state index contributed by atoms with van der Waals surface area (Å²) in [5.74, 6) is -0.491. The zero-order chi connectivity index (χ0) is 19.2. The van der Waals surface area contributed by atoms with E-state index in [1.165, 1.54) is 11.8 Å². The molecule has 0 spiro atoms. The summed E-state index contributed by atoms with van der Waals surface area (Å²) in [5, 5.41) is 8.88. The number of carbonyl (C=O) groups excluding carboxylic acids is 1. The zero-order valence-corrected chi connectivity index (χ0v) is 15.7. The van der Waals surface area contributed by atoms with Gasteiger partial charge in [-0.15, -0.1) is 0 Å². The van der Waals surface area contributed by atoms with Crippen molar-refractivity contribution in [3.63, 3.8) is 0 Å². The van der Waals surface area contributed by atoms with Crippen LogP contribution in [0.25, 0.3) is 0 Å². The minimum atomic E-state index is -3.17. The summed E-state index contributed by atoms with van der Waals surface area (Å²) in [7, 11) is -3.17. The van der Waals surface area contributed by atoms with Crippen LogP contribution in [0.15, 0.2) is 23.2 Å². The third-order valence-corrected chi connectivity index (χ3v) is 7.68. The standard InChI is InChI=1S/C16H16N2O7S2/c19-14(3-4-15(20)21)17-16-18(10-6-27(22,23)7-13(10)26-16)9-1-2-11-12(5-9)25-8-24-11/h1-2,5,10,13H,3-4,6-8H2,(H,20,21)/t10-,13-/m0/s1. The van der Waals surface area contributed by atoms with Gasteiger partial charge in [0.15, 0.2) is 26.5 Å². The first-order valence-corrected chi connectivity index (χ1v) is 10.9. The molecule has 2 fully saturated rings. The lowest BCUT2D eigenvalue weighted by Gasteiger charge is -2.24. The number of anilines is 1. The van der Waals surface area contributed by atoms with Crippen LogP contribution in [-0.2, 0) is 19.4 Å². The first-order chi connectivity index (χ1) is 12.8. The summed E-state index contributed by atoms with van der Waals surface area (Å²) in [4.78, 5) is 28.5. The number of amides is 1. The molecule has 27 heavy (non-hydrogen) atoms. The predicted molar refractivity (Wildman–Crippen MR) is 98.2 cm³/mol. The maximum atomic E-state index is 12.1. The summed E-state index contributed by atoms with van der Waals surface area (Å²) < 4.78 is 34.8. The molecule has 0 unspecified atom stereocenters. The van der Waals surface area contributed by atoms with E-state index in [4.69, 9.17) is 14.6 Å². The Morgan fingerprint density at radius 3 is 2.78 bits per heavy atom. The van der Waals surface area contributed by atoms with Gasteiger partial charge in [-0.2, -0.15) is 4.99 Å². The molecule has 1 aromatic carbocycles. The van der Waals surface area contributed by atoms with Gasteiger partial charge in [0.25, 0.3) is 0 Å². The number of ether oxygens (including phenoxy) is 2. The van der Waals surface area contributed by atoms with E-state index in [0.29, 0.717) is 22.4 Å². The van der Waals surface area contributed by atoms with Crippen LogP contribution in [0.4, 0.5) is 5.69 Å². The second-order valence-corrected chi connectivity index (χ2v) is 9.75. The van der Waals surface area contributed by atoms with E-state index in [9.17, 15) is 18.0 Å². The molecule has 2 saturated heterocycles. The van der Waals surface area contributed by atoms with Crippen molar-refractivity contribution < 1.29 is 32.6 Å². The van der Waals surface area contributed by atoms with Gasteiger partial charge in [-0.25, -0.2) is 8.42 Å². The number of hydrogen-bond acceptors (Lipinski definition) is 7. The van der Waals surface area contributed by atoms with Crippen LogP contribution in [0.2, 0.25) is 0 Å². The molecular formula is C16H16N2O7S2. The van der Waals surface area contributed by atoms with E-state index >= 15 is 0 Å². The normalized spacial score (nSPS) is 26.4. The Labute approximate surface area is 159 Å². The van der Waals surface area contributed by atoms with Gasteiger partial charge >= 0.3 is 5.97 Å². The lowest BCUT2D eigenvalue weighted by atomic mass is 10.2. The Hall–Kier alpha value is -2.27. The number of hydrogen-bond donors (Lipinski definition) is 1. The monoisotopic (exact) mass is 412 g/mol. The first kappa shape index (κ1) is 18.1. The highest BCUT2D eigenvalue weighted by Gasteiger charge is 2.49. The van der Waals surface area contributed by atoms with Crippen molar-refractivity contribution in [2.24, 2.45) is 4.99 Å². The largest absolute Gasteiger partial charge is 0.481 e. The van der Waals surface area contributed by atoms with E-state index in [0.717, 1.165) is 0 Å². The summed E-state index contributed by atoms with van der Waals surface area (Å²) in [6, 6.07) is 4.88. The Morgan fingerprint density at radius 2 is 2.00 bits per heavy atom. The summed E-state index contributed by atoms with van der Waals surface area (Å²) >= 11 is 1.24. The zero-order valence-electron chi connectivity index (χ0n) is 14.0. The third kappa shape index (κ3) is 3.61. The number of amidine groups is 1. The van der Waals surface area contributed by atoms with Crippen molar-refractivity contribution in [2.75, 3.05) is 23.2 Å². The number of aliphatic carboxylic acids is 1. The number of carbonyl (C=O) groups is 2. The SMILES string of the molecule is O=C(O)CCC(=O)N=C1S[C@H]2CS(=O)(=O)C[C@@H]2N1c1ccc2c(c1)OCO2. The molecule has 0 aliphatic carbocycles. The second-order valence-electron chi connectivity index (χ2n) is 6.39. The van der Waals surface area contributed by atoms with Crippen LogP contribution in [0, 0.1) is 0 Å². The minimum absolute atomic E-state index is 0.0196. The molecule has 0 bridgehead atoms. The Kier molecular flexibility index (Phi) is 4.50. The number of sulfone groups is 1. The molecule has 3 aliphatic heterocycles. The topological polar surface area (TPSA) is 123 Å². The van der Waals surface area contributed by atoms with Crippen molar-refractivity contribution in [1.29, 1.82) is 0 Å². The summed E-state index contributed by atoms with van der Waals surface area (Å²) in [6.07, 6.45) is -0.506. The average molecular weight is 412 g/mol. The van der Waals surface area contributed by atoms with E-state index in [2.05, 4.69) is 4.99 Å². The second kappa shape index (κ2) is 6.71. The highest BCUT2D eigenvalue weighted by Crippen LogP contribution is 2.43. The number of carboxylic acid groups (broad SMARTS) is 1. The maximum absolute atomic E-state index is 12.1. The van der Waals surface area contributed by atoms with Crippen molar-refractivity contribution in [2.45, 2.75) is 24.1 Å². The van der Waals surface area contributed by atoms with Gasteiger partial charge in [0.2, 0.25) is 12.7 Å². The Bertz CT molecular complexity index is 944. The number of aliphatic imine (C=N–C) groups is 1. The van der Waals surface area contributed by atoms with Crippen LogP contribution in [-0.4, -0.2) is 60.2 Å². The third-order valence-electron chi connectivity index (χ3n) is 4.47. The molecule has 1 N–H and O–H groups in total. The molecule has 1 amide bonds. The number of nitrogens with zero attached hydrogens (tertiary/aromatic N) is 2. The fourth-order valence-corrected chi connectivity index (χ4v) is 7.21. The highest BCUT2D eigenvalue weighted by molar-refractivity contribution is 8.16. The Morgan fingerprint density at radius 1 is 1.22 bits per heavy atom. The molecule has 0 saturated carbocycles. The van der Waals surface area contributed by atoms with Crippen LogP contribution < -0.4 is 14.4 Å². The van der Waals surface area contributed by atoms with Gasteiger partial charge < -0.3 is 19.5 Å². The number of carboxylic acids is 1. The van der Waals surface area contributed by atoms with Crippen LogP contribution in [0.5, 0.6) is 11.5 Å². The molecule has 2 atom stereocenters. The number of fused-ring (bicyclic) bond motifs is 2. The maximum Gasteiger partial charge on any atom is 0.303 e. The summed E-state index contributed by atoms with van der Waals surface area (Å²) in [6.45, 7) is 0.114. The highest BCUT2D eigenvalue weighted by atomic mass is 32.2. The molecule has 4 rings (SSSR count). The van der Waals surface area contributed by atoms with Crippen molar-refractivity contribution in [3.05, 3.63) is 18.2 Å². The fourth-order valence-electron chi connectivity index (χ4n) is 3.28. The molecule has 0 aromatic heterocycles. The first-order valence-electron chi connectivity index (χ1n) is 8.22. The van der Waals surface area contributed by atoms with Gasteiger partial charge in [0.05, 0.1) is 24.0 Å². The van der Waals surface area contributed by atoms with E-state index in [1.807, 2.05) is 0 Å². The average Bonchev–Trinajstić information content (AvgIpc) is 3.24. The van der Waals surface area contributed by atoms with Gasteiger partial charge in [-0.1, -0.05) is 11.8 Å². The summed E-state index contributed by atoms with van der Waals surface area (Å²) in [5.41, 5.74) is 0.654. The number of thioether (sulfide) groups is 1.